The van der Waals surface area contributed by atoms with E-state index in [4.69, 9.17) is 20.1 Å². The van der Waals surface area contributed by atoms with Crippen LogP contribution in [0.2, 0.25) is 0 Å². The molecule has 0 aromatic heterocycles. The molecule has 0 bridgehead atoms. The molecule has 0 radical (unpaired) electrons. The average Bonchev–Trinajstić information content (AvgIpc) is 2.93. The van der Waals surface area contributed by atoms with Gasteiger partial charge in [0.15, 0.2) is 0 Å². The Morgan fingerprint density at radius 3 is 1.54 bits per heavy atom. The van der Waals surface area contributed by atoms with Crippen molar-refractivity contribution in [3.8, 4) is 11.5 Å². The number of hydrogen-bond donors (Lipinski definition) is 3. The highest BCUT2D eigenvalue weighted by atomic mass is 79.9. The van der Waals surface area contributed by atoms with Crippen molar-refractivity contribution in [3.63, 3.8) is 0 Å². The van der Waals surface area contributed by atoms with Crippen LogP contribution in [0.1, 0.15) is 72.1 Å². The quantitative estimate of drug-likeness (QED) is 0.151. The fourth-order valence-electron chi connectivity index (χ4n) is 2.84. The lowest BCUT2D eigenvalue weighted by molar-refractivity contribution is 0.0592. The smallest absolute Gasteiger partial charge is 0.337 e. The molecule has 9 heteroatoms. The zero-order chi connectivity index (χ0) is 27.7. The summed E-state index contributed by atoms with van der Waals surface area (Å²) in [7, 11) is 2.67. The Labute approximate surface area is 228 Å². The summed E-state index contributed by atoms with van der Waals surface area (Å²) in [5.74, 6) is 0.151. The summed E-state index contributed by atoms with van der Waals surface area (Å²) in [6.45, 7) is 1.27. The monoisotopic (exact) mass is 584 g/mol. The molecule has 37 heavy (non-hydrogen) atoms. The second-order valence-electron chi connectivity index (χ2n) is 7.87. The maximum absolute atomic E-state index is 11.2. The first-order valence-electron chi connectivity index (χ1n) is 12.4. The van der Waals surface area contributed by atoms with Crippen LogP contribution in [0.5, 0.6) is 11.5 Å². The van der Waals surface area contributed by atoms with E-state index in [0.717, 1.165) is 43.2 Å². The van der Waals surface area contributed by atoms with Gasteiger partial charge < -0.3 is 29.5 Å². The van der Waals surface area contributed by atoms with Crippen molar-refractivity contribution in [2.45, 2.75) is 51.4 Å². The highest BCUT2D eigenvalue weighted by Crippen LogP contribution is 2.14. The highest BCUT2D eigenvalue weighted by Gasteiger charge is 2.04. The van der Waals surface area contributed by atoms with E-state index in [2.05, 4.69) is 25.4 Å². The van der Waals surface area contributed by atoms with E-state index in [9.17, 15) is 9.59 Å². The molecule has 2 aromatic rings. The van der Waals surface area contributed by atoms with Gasteiger partial charge in [0.05, 0.1) is 32.0 Å². The van der Waals surface area contributed by atoms with E-state index >= 15 is 0 Å². The number of methoxy groups -OCH3 is 2. The number of phenols is 1. The molecular weight excluding hydrogens is 544 g/mol. The minimum Gasteiger partial charge on any atom is -0.508 e. The predicted molar refractivity (Wildman–Crippen MR) is 148 cm³/mol. The molecule has 0 aliphatic rings. The Bertz CT molecular complexity index is 819. The van der Waals surface area contributed by atoms with Crippen LogP contribution in [-0.4, -0.2) is 66.6 Å². The van der Waals surface area contributed by atoms with Crippen LogP contribution in [0.25, 0.3) is 0 Å². The molecule has 208 valence electrons. The predicted octanol–water partition coefficient (Wildman–Crippen LogP) is 5.52. The molecule has 0 aliphatic carbocycles. The molecule has 0 unspecified atom stereocenters. The van der Waals surface area contributed by atoms with Gasteiger partial charge in [0.1, 0.15) is 11.5 Å². The van der Waals surface area contributed by atoms with Gasteiger partial charge in [-0.2, -0.15) is 0 Å². The number of aliphatic hydroxyl groups excluding tert-OH is 2. The van der Waals surface area contributed by atoms with Gasteiger partial charge >= 0.3 is 11.9 Å². The van der Waals surface area contributed by atoms with Crippen molar-refractivity contribution in [3.05, 3.63) is 59.7 Å². The van der Waals surface area contributed by atoms with Crippen LogP contribution < -0.4 is 4.74 Å². The minimum atomic E-state index is -0.398. The number of esters is 2. The lowest BCUT2D eigenvalue weighted by Crippen LogP contribution is -2.01. The maximum Gasteiger partial charge on any atom is 0.337 e. The van der Waals surface area contributed by atoms with Crippen LogP contribution >= 0.6 is 15.9 Å². The Hall–Kier alpha value is -2.62. The van der Waals surface area contributed by atoms with Crippen LogP contribution in [0, 0.1) is 0 Å². The van der Waals surface area contributed by atoms with Gasteiger partial charge in [-0.15, -0.1) is 0 Å². The van der Waals surface area contributed by atoms with Crippen molar-refractivity contribution in [2.75, 3.05) is 39.4 Å². The second kappa shape index (κ2) is 23.8. The number of ether oxygens (including phenoxy) is 3. The van der Waals surface area contributed by atoms with Crippen molar-refractivity contribution >= 4 is 27.9 Å². The summed E-state index contributed by atoms with van der Waals surface area (Å²) < 4.78 is 14.6. The van der Waals surface area contributed by atoms with Crippen LogP contribution in [0.3, 0.4) is 0 Å². The van der Waals surface area contributed by atoms with E-state index < -0.39 is 5.97 Å². The number of phenolic OH excluding ortho intramolecular Hbond substituents is 1. The number of benzene rings is 2. The molecule has 0 heterocycles. The van der Waals surface area contributed by atoms with Crippen molar-refractivity contribution in [1.82, 2.24) is 0 Å². The van der Waals surface area contributed by atoms with Gasteiger partial charge in [-0.3, -0.25) is 0 Å². The molecule has 0 saturated carbocycles. The number of halogens is 1. The first-order chi connectivity index (χ1) is 17.9. The Kier molecular flexibility index (Phi) is 22.1. The Morgan fingerprint density at radius 2 is 1.11 bits per heavy atom. The molecule has 2 aromatic carbocycles. The Balaban J connectivity index is 0.000000580. The summed E-state index contributed by atoms with van der Waals surface area (Å²) in [6, 6.07) is 12.8. The summed E-state index contributed by atoms with van der Waals surface area (Å²) in [6.07, 6.45) is 8.52. The maximum atomic E-state index is 11.2. The third-order valence-corrected chi connectivity index (χ3v) is 5.49. The zero-order valence-corrected chi connectivity index (χ0v) is 23.5. The fraction of sp³-hybridized carbons (Fsp3) is 0.500. The summed E-state index contributed by atoms with van der Waals surface area (Å²) in [4.78, 5) is 22.0. The standard InChI is InChI=1S/C14H20O4.C8H8O3.C6H13BrO/c1-17-14(16)12-6-8-13(9-7-12)18-11-5-3-2-4-10-15;1-11-8(10)6-2-4-7(9)5-3-6;7-5-3-1-2-4-6-8/h6-9,15H,2-5,10-11H2,1H3;2-5,9H,1H3;8H,1-6H2. The van der Waals surface area contributed by atoms with Gasteiger partial charge in [0.25, 0.3) is 0 Å². The van der Waals surface area contributed by atoms with Crippen molar-refractivity contribution in [1.29, 1.82) is 0 Å². The number of rotatable bonds is 14. The van der Waals surface area contributed by atoms with Crippen LogP contribution in [0.4, 0.5) is 0 Å². The van der Waals surface area contributed by atoms with Gasteiger partial charge in [-0.25, -0.2) is 9.59 Å². The van der Waals surface area contributed by atoms with Gasteiger partial charge in [-0.1, -0.05) is 35.2 Å². The largest absolute Gasteiger partial charge is 0.508 e. The molecule has 0 spiro atoms. The SMILES string of the molecule is COC(=O)c1ccc(O)cc1.COC(=O)c1ccc(OCCCCCCO)cc1.OCCCCCCBr. The van der Waals surface area contributed by atoms with E-state index in [1.54, 1.807) is 24.3 Å². The number of carbonyl (C=O) groups excluding carboxylic acids is 2. The lowest BCUT2D eigenvalue weighted by Gasteiger charge is -2.06. The summed E-state index contributed by atoms with van der Waals surface area (Å²) in [5, 5.41) is 26.9. The molecule has 3 N–H and O–H groups in total. The molecule has 0 atom stereocenters. The van der Waals surface area contributed by atoms with Gasteiger partial charge in [0.2, 0.25) is 0 Å². The van der Waals surface area contributed by atoms with Crippen molar-refractivity contribution < 1.29 is 39.1 Å². The highest BCUT2D eigenvalue weighted by molar-refractivity contribution is 9.09. The average molecular weight is 586 g/mol. The minimum absolute atomic E-state index is 0.137. The first kappa shape index (κ1) is 34.4. The molecule has 0 saturated heterocycles. The third kappa shape index (κ3) is 18.3. The molecular formula is C28H41BrO8. The normalized spacial score (nSPS) is 9.76. The van der Waals surface area contributed by atoms with Gasteiger partial charge in [0, 0.05) is 18.5 Å². The summed E-state index contributed by atoms with van der Waals surface area (Å²) >= 11 is 3.34. The number of aliphatic hydroxyl groups is 2. The Morgan fingerprint density at radius 1 is 0.676 bits per heavy atom. The molecule has 0 amide bonds. The number of unbranched alkanes of at least 4 members (excludes halogenated alkanes) is 6. The lowest BCUT2D eigenvalue weighted by atomic mass is 10.2. The molecule has 0 fully saturated rings. The number of aromatic hydroxyl groups is 1. The van der Waals surface area contributed by atoms with Gasteiger partial charge in [-0.05, 0) is 80.6 Å². The number of alkyl halides is 1. The van der Waals surface area contributed by atoms with Crippen LogP contribution in [-0.2, 0) is 9.47 Å². The second-order valence-corrected chi connectivity index (χ2v) is 8.66. The van der Waals surface area contributed by atoms with E-state index in [0.29, 0.717) is 24.3 Å². The van der Waals surface area contributed by atoms with E-state index in [-0.39, 0.29) is 18.3 Å². The zero-order valence-electron chi connectivity index (χ0n) is 21.9. The van der Waals surface area contributed by atoms with Crippen molar-refractivity contribution in [2.24, 2.45) is 0 Å². The first-order valence-corrected chi connectivity index (χ1v) is 13.5. The van der Waals surface area contributed by atoms with Crippen LogP contribution in [0.15, 0.2) is 48.5 Å². The molecule has 8 nitrogen and oxygen atoms in total. The summed E-state index contributed by atoms with van der Waals surface area (Å²) in [5.41, 5.74) is 0.957. The van der Waals surface area contributed by atoms with E-state index in [1.807, 2.05) is 0 Å². The number of carbonyl (C=O) groups is 2. The number of hydrogen-bond acceptors (Lipinski definition) is 8. The topological polar surface area (TPSA) is 123 Å². The van der Waals surface area contributed by atoms with E-state index in [1.165, 1.54) is 57.7 Å². The molecule has 2 rings (SSSR count). The molecule has 0 aliphatic heterocycles. The fourth-order valence-corrected chi connectivity index (χ4v) is 3.23. The third-order valence-electron chi connectivity index (χ3n) is 4.93.